The molecular formula is C21H20ClN5O4S. The molecule has 1 N–H and O–H groups in total. The van der Waals surface area contributed by atoms with Gasteiger partial charge in [0.05, 0.1) is 31.1 Å². The summed E-state index contributed by atoms with van der Waals surface area (Å²) in [6, 6.07) is 3.45. The molecule has 5 heterocycles. The zero-order valence-electron chi connectivity index (χ0n) is 17.4. The van der Waals surface area contributed by atoms with E-state index in [2.05, 4.69) is 25.5 Å². The lowest BCUT2D eigenvalue weighted by Crippen LogP contribution is -2.28. The predicted octanol–water partition coefficient (Wildman–Crippen LogP) is 3.92. The number of methoxy groups -OCH3 is 1. The number of nitrogens with one attached hydrogen (secondary N) is 1. The van der Waals surface area contributed by atoms with Crippen LogP contribution in [0.3, 0.4) is 0 Å². The topological polar surface area (TPSA) is 108 Å². The van der Waals surface area contributed by atoms with E-state index in [1.54, 1.807) is 12.1 Å². The number of ether oxygens (including phenoxy) is 3. The Labute approximate surface area is 193 Å². The minimum atomic E-state index is -0.381. The number of hydrogen-bond acceptors (Lipinski definition) is 9. The fourth-order valence-corrected chi connectivity index (χ4v) is 4.87. The van der Waals surface area contributed by atoms with Crippen molar-refractivity contribution in [1.82, 2.24) is 20.2 Å². The Morgan fingerprint density at radius 2 is 2.09 bits per heavy atom. The molecule has 166 valence electrons. The molecule has 1 amide bonds. The first-order chi connectivity index (χ1) is 15.5. The molecule has 3 aromatic heterocycles. The maximum absolute atomic E-state index is 13.1. The van der Waals surface area contributed by atoms with E-state index in [1.165, 1.54) is 30.8 Å². The van der Waals surface area contributed by atoms with Crippen LogP contribution >= 0.6 is 22.9 Å². The fraction of sp³-hybridized carbons (Fsp3) is 0.381. The van der Waals surface area contributed by atoms with Crippen molar-refractivity contribution in [2.24, 2.45) is 0 Å². The molecule has 2 bridgehead atoms. The van der Waals surface area contributed by atoms with E-state index >= 15 is 0 Å². The van der Waals surface area contributed by atoms with Crippen molar-refractivity contribution in [3.05, 3.63) is 40.9 Å². The van der Waals surface area contributed by atoms with E-state index in [-0.39, 0.29) is 29.4 Å². The second kappa shape index (κ2) is 8.61. The highest BCUT2D eigenvalue weighted by Crippen LogP contribution is 2.38. The van der Waals surface area contributed by atoms with Gasteiger partial charge in [-0.2, -0.15) is 0 Å². The van der Waals surface area contributed by atoms with Gasteiger partial charge in [-0.05, 0) is 43.2 Å². The number of nitrogens with zero attached hydrogens (tertiary/aromatic N) is 4. The lowest BCUT2D eigenvalue weighted by atomic mass is 9.98. The Bertz CT molecular complexity index is 1170. The van der Waals surface area contributed by atoms with Gasteiger partial charge in [-0.25, -0.2) is 4.98 Å². The third kappa shape index (κ3) is 4.13. The van der Waals surface area contributed by atoms with Crippen LogP contribution in [0.25, 0.3) is 11.1 Å². The first-order valence-corrected chi connectivity index (χ1v) is 11.3. The SMILES string of the molecule is COc1cnc(Cl)cc1-c1cc(C)ncc1C(=O)Nc1nnc(OC2CC3CCC2O3)s1. The van der Waals surface area contributed by atoms with E-state index in [0.29, 0.717) is 32.8 Å². The van der Waals surface area contributed by atoms with Gasteiger partial charge in [0.1, 0.15) is 17.0 Å². The summed E-state index contributed by atoms with van der Waals surface area (Å²) >= 11 is 7.28. The van der Waals surface area contributed by atoms with Crippen LogP contribution in [0.2, 0.25) is 5.15 Å². The molecule has 2 aliphatic heterocycles. The molecule has 2 aliphatic rings. The van der Waals surface area contributed by atoms with Gasteiger partial charge >= 0.3 is 0 Å². The van der Waals surface area contributed by atoms with Gasteiger partial charge in [-0.15, -0.1) is 5.10 Å². The maximum Gasteiger partial charge on any atom is 0.296 e. The van der Waals surface area contributed by atoms with Gasteiger partial charge in [0.25, 0.3) is 11.1 Å². The number of rotatable bonds is 6. The third-order valence-electron chi connectivity index (χ3n) is 5.56. The Morgan fingerprint density at radius 1 is 1.22 bits per heavy atom. The fourth-order valence-electron chi connectivity index (χ4n) is 4.07. The zero-order chi connectivity index (χ0) is 22.2. The van der Waals surface area contributed by atoms with Crippen molar-refractivity contribution in [1.29, 1.82) is 0 Å². The van der Waals surface area contributed by atoms with Gasteiger partial charge in [0.2, 0.25) is 5.13 Å². The van der Waals surface area contributed by atoms with E-state index in [9.17, 15) is 4.79 Å². The number of carbonyl (C=O) groups excluding carboxylic acids is 1. The molecule has 0 radical (unpaired) electrons. The molecule has 0 saturated carbocycles. The number of fused-ring (bicyclic) bond motifs is 2. The van der Waals surface area contributed by atoms with Gasteiger partial charge in [-0.1, -0.05) is 16.7 Å². The number of pyridine rings is 2. The Hall–Kier alpha value is -2.82. The van der Waals surface area contributed by atoms with Crippen LogP contribution in [-0.4, -0.2) is 51.5 Å². The largest absolute Gasteiger partial charge is 0.494 e. The molecule has 5 rings (SSSR count). The molecule has 2 saturated heterocycles. The van der Waals surface area contributed by atoms with Crippen molar-refractivity contribution in [3.8, 4) is 22.1 Å². The number of amides is 1. The minimum Gasteiger partial charge on any atom is -0.494 e. The summed E-state index contributed by atoms with van der Waals surface area (Å²) < 4.78 is 17.2. The number of anilines is 1. The van der Waals surface area contributed by atoms with Gasteiger partial charge in [0.15, 0.2) is 0 Å². The number of hydrogen-bond donors (Lipinski definition) is 1. The molecule has 2 fully saturated rings. The summed E-state index contributed by atoms with van der Waals surface area (Å²) in [5.74, 6) is 0.113. The zero-order valence-corrected chi connectivity index (χ0v) is 18.9. The molecule has 32 heavy (non-hydrogen) atoms. The molecule has 0 aromatic carbocycles. The maximum atomic E-state index is 13.1. The molecule has 0 aliphatic carbocycles. The summed E-state index contributed by atoms with van der Waals surface area (Å²) in [6.07, 6.45) is 6.37. The van der Waals surface area contributed by atoms with Crippen LogP contribution < -0.4 is 14.8 Å². The third-order valence-corrected chi connectivity index (χ3v) is 6.50. The summed E-state index contributed by atoms with van der Waals surface area (Å²) in [6.45, 7) is 1.84. The average Bonchev–Trinajstić information content (AvgIpc) is 3.51. The monoisotopic (exact) mass is 473 g/mol. The number of aromatic nitrogens is 4. The normalized spacial score (nSPS) is 21.5. The molecular weight excluding hydrogens is 454 g/mol. The van der Waals surface area contributed by atoms with Crippen molar-refractivity contribution in [2.75, 3.05) is 12.4 Å². The van der Waals surface area contributed by atoms with Crippen LogP contribution in [0.5, 0.6) is 10.9 Å². The second-order valence-electron chi connectivity index (χ2n) is 7.67. The van der Waals surface area contributed by atoms with Crippen molar-refractivity contribution >= 4 is 34.0 Å². The number of carbonyl (C=O) groups is 1. The van der Waals surface area contributed by atoms with Crippen LogP contribution in [0.4, 0.5) is 5.13 Å². The highest BCUT2D eigenvalue weighted by Gasteiger charge is 2.42. The summed E-state index contributed by atoms with van der Waals surface area (Å²) in [5, 5.41) is 11.9. The van der Waals surface area contributed by atoms with Crippen LogP contribution in [0.15, 0.2) is 24.5 Å². The smallest absolute Gasteiger partial charge is 0.296 e. The van der Waals surface area contributed by atoms with E-state index in [0.717, 1.165) is 25.0 Å². The Kier molecular flexibility index (Phi) is 5.66. The lowest BCUT2D eigenvalue weighted by molar-refractivity contribution is 0.0636. The lowest BCUT2D eigenvalue weighted by Gasteiger charge is -2.17. The average molecular weight is 474 g/mol. The van der Waals surface area contributed by atoms with E-state index in [4.69, 9.17) is 25.8 Å². The molecule has 9 nitrogen and oxygen atoms in total. The van der Waals surface area contributed by atoms with E-state index < -0.39 is 0 Å². The standard InChI is InChI=1S/C21H20ClN5O4S/c1-10-5-12(13-7-18(22)24-9-17(13)29-2)14(8-23-10)19(28)25-20-26-27-21(32-20)31-16-6-11-3-4-15(16)30-11/h5,7-9,11,15-16H,3-4,6H2,1-2H3,(H,25,26,28). The Balaban J connectivity index is 1.37. The Morgan fingerprint density at radius 3 is 2.84 bits per heavy atom. The first-order valence-electron chi connectivity index (χ1n) is 10.1. The molecule has 3 unspecified atom stereocenters. The van der Waals surface area contributed by atoms with Crippen molar-refractivity contribution in [2.45, 2.75) is 44.5 Å². The first kappa shape index (κ1) is 21.0. The van der Waals surface area contributed by atoms with Crippen LogP contribution in [0, 0.1) is 6.92 Å². The number of halogens is 1. The minimum absolute atomic E-state index is 0.0120. The predicted molar refractivity (Wildman–Crippen MR) is 119 cm³/mol. The highest BCUT2D eigenvalue weighted by molar-refractivity contribution is 7.17. The molecule has 11 heteroatoms. The summed E-state index contributed by atoms with van der Waals surface area (Å²) in [5.41, 5.74) is 2.35. The molecule has 3 aromatic rings. The summed E-state index contributed by atoms with van der Waals surface area (Å²) in [4.78, 5) is 21.4. The highest BCUT2D eigenvalue weighted by atomic mass is 35.5. The molecule has 0 spiro atoms. The van der Waals surface area contributed by atoms with Crippen LogP contribution in [-0.2, 0) is 4.74 Å². The van der Waals surface area contributed by atoms with Crippen LogP contribution in [0.1, 0.15) is 35.3 Å². The summed E-state index contributed by atoms with van der Waals surface area (Å²) in [7, 11) is 1.53. The van der Waals surface area contributed by atoms with Gasteiger partial charge in [0, 0.05) is 29.4 Å². The van der Waals surface area contributed by atoms with Crippen molar-refractivity contribution < 1.29 is 19.0 Å². The van der Waals surface area contributed by atoms with Crippen molar-refractivity contribution in [3.63, 3.8) is 0 Å². The van der Waals surface area contributed by atoms with Gasteiger partial charge < -0.3 is 14.2 Å². The number of aryl methyl sites for hydroxylation is 1. The van der Waals surface area contributed by atoms with Gasteiger partial charge in [-0.3, -0.25) is 15.1 Å². The quantitative estimate of drug-likeness (QED) is 0.536. The second-order valence-corrected chi connectivity index (χ2v) is 9.00. The molecule has 3 atom stereocenters. The van der Waals surface area contributed by atoms with E-state index in [1.807, 2.05) is 6.92 Å².